The fourth-order valence-electron chi connectivity index (χ4n) is 0.673. The highest BCUT2D eigenvalue weighted by Gasteiger charge is 2.01. The number of aromatic nitrogens is 2. The van der Waals surface area contributed by atoms with Gasteiger partial charge in [-0.1, -0.05) is 0 Å². The van der Waals surface area contributed by atoms with Crippen molar-refractivity contribution < 1.29 is 9.84 Å². The van der Waals surface area contributed by atoms with Gasteiger partial charge in [-0.3, -0.25) is 0 Å². The van der Waals surface area contributed by atoms with E-state index in [0.29, 0.717) is 11.4 Å². The molecule has 0 fully saturated rings. The second kappa shape index (κ2) is 3.16. The maximum absolute atomic E-state index is 8.63. The van der Waals surface area contributed by atoms with Crippen molar-refractivity contribution in [2.45, 2.75) is 6.61 Å². The van der Waals surface area contributed by atoms with Gasteiger partial charge in [0.25, 0.3) is 5.88 Å². The molecule has 0 saturated heterocycles. The summed E-state index contributed by atoms with van der Waals surface area (Å²) in [4.78, 5) is 0. The number of ether oxygens (including phenoxy) is 1. The monoisotopic (exact) mass is 155 g/mol. The van der Waals surface area contributed by atoms with Crippen molar-refractivity contribution in [2.24, 2.45) is 0 Å². The molecule has 1 aromatic heterocycles. The van der Waals surface area contributed by atoms with Gasteiger partial charge in [0, 0.05) is 0 Å². The molecule has 3 N–H and O–H groups in total. The second-order valence-electron chi connectivity index (χ2n) is 1.96. The highest BCUT2D eigenvalue weighted by Crippen LogP contribution is 2.15. The molecule has 11 heavy (non-hydrogen) atoms. The van der Waals surface area contributed by atoms with Gasteiger partial charge in [0.05, 0.1) is 25.1 Å². The van der Waals surface area contributed by atoms with Gasteiger partial charge < -0.3 is 15.6 Å². The highest BCUT2D eigenvalue weighted by molar-refractivity contribution is 5.47. The predicted molar refractivity (Wildman–Crippen MR) is 38.9 cm³/mol. The molecule has 0 aromatic carbocycles. The fourth-order valence-corrected chi connectivity index (χ4v) is 0.673. The van der Waals surface area contributed by atoms with Crippen LogP contribution >= 0.6 is 0 Å². The van der Waals surface area contributed by atoms with Crippen molar-refractivity contribution in [3.8, 4) is 5.88 Å². The maximum atomic E-state index is 8.63. The maximum Gasteiger partial charge on any atom is 0.256 e. The van der Waals surface area contributed by atoms with Crippen molar-refractivity contribution in [3.05, 3.63) is 11.8 Å². The van der Waals surface area contributed by atoms with Gasteiger partial charge in [0.1, 0.15) is 0 Å². The molecule has 0 amide bonds. The first kappa shape index (κ1) is 7.74. The van der Waals surface area contributed by atoms with Crippen LogP contribution in [0, 0.1) is 0 Å². The van der Waals surface area contributed by atoms with Crippen LogP contribution < -0.4 is 10.5 Å². The number of aliphatic hydroxyl groups excluding tert-OH is 1. The Labute approximate surface area is 63.8 Å². The lowest BCUT2D eigenvalue weighted by Crippen LogP contribution is -2.00. The minimum atomic E-state index is -0.165. The van der Waals surface area contributed by atoms with E-state index >= 15 is 0 Å². The van der Waals surface area contributed by atoms with Crippen LogP contribution in [-0.4, -0.2) is 22.4 Å². The number of nitrogens with zero attached hydrogens (tertiary/aromatic N) is 2. The van der Waals surface area contributed by atoms with Gasteiger partial charge in [-0.05, 0) is 6.07 Å². The van der Waals surface area contributed by atoms with Gasteiger partial charge in [-0.25, -0.2) is 0 Å². The summed E-state index contributed by atoms with van der Waals surface area (Å²) < 4.78 is 4.76. The molecule has 0 unspecified atom stereocenters. The number of rotatable bonds is 2. The average Bonchev–Trinajstić information content (AvgIpc) is 2.04. The highest BCUT2D eigenvalue weighted by atomic mass is 16.5. The Morgan fingerprint density at radius 2 is 2.36 bits per heavy atom. The van der Waals surface area contributed by atoms with Gasteiger partial charge in [0.2, 0.25) is 0 Å². The zero-order chi connectivity index (χ0) is 8.27. The normalized spacial score (nSPS) is 9.64. The molecule has 0 aliphatic carbocycles. The molecule has 0 saturated carbocycles. The lowest BCUT2D eigenvalue weighted by molar-refractivity contribution is 0.274. The number of hydrogen-bond donors (Lipinski definition) is 2. The van der Waals surface area contributed by atoms with Gasteiger partial charge >= 0.3 is 0 Å². The van der Waals surface area contributed by atoms with Gasteiger partial charge in [-0.2, -0.15) is 0 Å². The lowest BCUT2D eigenvalue weighted by Gasteiger charge is -2.01. The van der Waals surface area contributed by atoms with E-state index < -0.39 is 0 Å². The molecule has 60 valence electrons. The summed E-state index contributed by atoms with van der Waals surface area (Å²) in [5.74, 6) is 0.280. The molecule has 0 aliphatic rings. The number of methoxy groups -OCH3 is 1. The summed E-state index contributed by atoms with van der Waals surface area (Å²) in [7, 11) is 1.46. The van der Waals surface area contributed by atoms with Crippen LogP contribution in [0.2, 0.25) is 0 Å². The van der Waals surface area contributed by atoms with Gasteiger partial charge in [0.15, 0.2) is 0 Å². The average molecular weight is 155 g/mol. The largest absolute Gasteiger partial charge is 0.478 e. The molecule has 1 rings (SSSR count). The first-order chi connectivity index (χ1) is 5.27. The first-order valence-corrected chi connectivity index (χ1v) is 3.05. The Hall–Kier alpha value is -1.36. The molecule has 0 bridgehead atoms. The van der Waals surface area contributed by atoms with E-state index in [-0.39, 0.29) is 12.5 Å². The molecular weight excluding hydrogens is 146 g/mol. The van der Waals surface area contributed by atoms with Crippen LogP contribution in [0.4, 0.5) is 5.69 Å². The summed E-state index contributed by atoms with van der Waals surface area (Å²) in [5, 5.41) is 15.9. The molecule has 1 aromatic rings. The molecule has 5 nitrogen and oxygen atoms in total. The van der Waals surface area contributed by atoms with Crippen LogP contribution in [0.5, 0.6) is 5.88 Å². The summed E-state index contributed by atoms with van der Waals surface area (Å²) in [6.07, 6.45) is 0. The topological polar surface area (TPSA) is 81.3 Å². The summed E-state index contributed by atoms with van der Waals surface area (Å²) in [5.41, 5.74) is 6.28. The number of aliphatic hydroxyl groups is 1. The van der Waals surface area contributed by atoms with Crippen molar-refractivity contribution >= 4 is 5.69 Å². The molecule has 5 heteroatoms. The molecule has 0 aliphatic heterocycles. The summed E-state index contributed by atoms with van der Waals surface area (Å²) in [6.45, 7) is -0.165. The van der Waals surface area contributed by atoms with E-state index in [2.05, 4.69) is 10.2 Å². The lowest BCUT2D eigenvalue weighted by atomic mass is 10.3. The smallest absolute Gasteiger partial charge is 0.256 e. The minimum Gasteiger partial charge on any atom is -0.478 e. The van der Waals surface area contributed by atoms with Gasteiger partial charge in [-0.15, -0.1) is 10.2 Å². The Balaban J connectivity index is 2.99. The second-order valence-corrected chi connectivity index (χ2v) is 1.96. The van der Waals surface area contributed by atoms with E-state index in [0.717, 1.165) is 0 Å². The standard InChI is InChI=1S/C6H9N3O2/c1-11-6-5(7)2-4(3-10)8-9-6/h2,10H,3H2,1H3,(H2,7,8). The molecular formula is C6H9N3O2. The quantitative estimate of drug-likeness (QED) is 0.605. The first-order valence-electron chi connectivity index (χ1n) is 3.05. The minimum absolute atomic E-state index is 0.165. The molecule has 0 radical (unpaired) electrons. The van der Waals surface area contributed by atoms with Crippen molar-refractivity contribution in [2.75, 3.05) is 12.8 Å². The van der Waals surface area contributed by atoms with Crippen LogP contribution in [0.25, 0.3) is 0 Å². The molecule has 1 heterocycles. The van der Waals surface area contributed by atoms with E-state index in [1.54, 1.807) is 0 Å². The summed E-state index contributed by atoms with van der Waals surface area (Å²) >= 11 is 0. The van der Waals surface area contributed by atoms with Crippen molar-refractivity contribution in [1.29, 1.82) is 0 Å². The number of nitrogens with two attached hydrogens (primary N) is 1. The van der Waals surface area contributed by atoms with Crippen LogP contribution in [-0.2, 0) is 6.61 Å². The van der Waals surface area contributed by atoms with Crippen LogP contribution in [0.15, 0.2) is 6.07 Å². The Kier molecular flexibility index (Phi) is 2.22. The zero-order valence-electron chi connectivity index (χ0n) is 6.11. The fraction of sp³-hybridized carbons (Fsp3) is 0.333. The third kappa shape index (κ3) is 1.56. The number of anilines is 1. The number of nitrogen functional groups attached to an aromatic ring is 1. The van der Waals surface area contributed by atoms with E-state index in [1.807, 2.05) is 0 Å². The van der Waals surface area contributed by atoms with Crippen LogP contribution in [0.1, 0.15) is 5.69 Å². The zero-order valence-corrected chi connectivity index (χ0v) is 6.11. The van der Waals surface area contributed by atoms with Crippen molar-refractivity contribution in [1.82, 2.24) is 10.2 Å². The Morgan fingerprint density at radius 1 is 1.64 bits per heavy atom. The van der Waals surface area contributed by atoms with E-state index in [9.17, 15) is 0 Å². The Bertz CT molecular complexity index is 252. The molecule has 0 atom stereocenters. The molecule has 0 spiro atoms. The van der Waals surface area contributed by atoms with E-state index in [4.69, 9.17) is 15.6 Å². The van der Waals surface area contributed by atoms with E-state index in [1.165, 1.54) is 13.2 Å². The third-order valence-electron chi connectivity index (χ3n) is 1.19. The summed E-state index contributed by atoms with van der Waals surface area (Å²) in [6, 6.07) is 1.52. The number of hydrogen-bond acceptors (Lipinski definition) is 5. The third-order valence-corrected chi connectivity index (χ3v) is 1.19. The van der Waals surface area contributed by atoms with Crippen LogP contribution in [0.3, 0.4) is 0 Å². The Morgan fingerprint density at radius 3 is 2.82 bits per heavy atom. The predicted octanol–water partition coefficient (Wildman–Crippen LogP) is -0.440. The van der Waals surface area contributed by atoms with Crippen molar-refractivity contribution in [3.63, 3.8) is 0 Å². The SMILES string of the molecule is COc1nnc(CO)cc1N.